The molecule has 0 saturated carbocycles. The number of anilines is 1. The molecule has 3 N–H and O–H groups in total. The van der Waals surface area contributed by atoms with Gasteiger partial charge in [0.2, 0.25) is 5.91 Å². The summed E-state index contributed by atoms with van der Waals surface area (Å²) < 4.78 is 5.28. The van der Waals surface area contributed by atoms with E-state index < -0.39 is 5.91 Å². The number of benzene rings is 1. The number of nitrogens with one attached hydrogen (secondary N) is 1. The average molecular weight is 428 g/mol. The molecule has 6 nitrogen and oxygen atoms in total. The highest BCUT2D eigenvalue weighted by Crippen LogP contribution is 2.39. The van der Waals surface area contributed by atoms with Crippen LogP contribution in [0.5, 0.6) is 5.75 Å². The average Bonchev–Trinajstić information content (AvgIpc) is 3.26. The lowest BCUT2D eigenvalue weighted by molar-refractivity contribution is -0.113. The molecule has 0 atom stereocenters. The van der Waals surface area contributed by atoms with Crippen LogP contribution in [0.25, 0.3) is 10.9 Å². The van der Waals surface area contributed by atoms with Crippen LogP contribution in [0.15, 0.2) is 29.3 Å². The molecule has 0 radical (unpaired) electrons. The molecule has 2 heterocycles. The van der Waals surface area contributed by atoms with E-state index in [1.807, 2.05) is 31.2 Å². The quantitative estimate of drug-likeness (QED) is 0.581. The van der Waals surface area contributed by atoms with Gasteiger partial charge in [0.1, 0.15) is 10.8 Å². The highest BCUT2D eigenvalue weighted by Gasteiger charge is 2.26. The minimum Gasteiger partial charge on any atom is -0.497 e. The lowest BCUT2D eigenvalue weighted by atomic mass is 10.1. The Kier molecular flexibility index (Phi) is 5.47. The number of nitrogens with two attached hydrogens (primary N) is 1. The predicted octanol–water partition coefficient (Wildman–Crippen LogP) is 3.93. The van der Waals surface area contributed by atoms with Crippen LogP contribution in [0.2, 0.25) is 0 Å². The summed E-state index contributed by atoms with van der Waals surface area (Å²) >= 11 is 2.82. The first-order chi connectivity index (χ1) is 14.0. The molecular formula is C21H21N3O3S2. The third kappa shape index (κ3) is 3.95. The van der Waals surface area contributed by atoms with Crippen molar-refractivity contribution in [3.63, 3.8) is 0 Å². The smallest absolute Gasteiger partial charge is 0.251 e. The number of nitrogens with zero attached hydrogens (tertiary/aromatic N) is 1. The largest absolute Gasteiger partial charge is 0.497 e. The summed E-state index contributed by atoms with van der Waals surface area (Å²) in [5, 5.41) is 5.26. The Hall–Kier alpha value is -2.58. The van der Waals surface area contributed by atoms with E-state index in [2.05, 4.69) is 10.3 Å². The van der Waals surface area contributed by atoms with Crippen LogP contribution in [-0.4, -0.2) is 29.7 Å². The van der Waals surface area contributed by atoms with Crippen LogP contribution in [-0.2, 0) is 17.6 Å². The van der Waals surface area contributed by atoms with Crippen molar-refractivity contribution in [1.29, 1.82) is 0 Å². The van der Waals surface area contributed by atoms with Crippen LogP contribution in [0.1, 0.15) is 32.8 Å². The first-order valence-corrected chi connectivity index (χ1v) is 11.1. The highest BCUT2D eigenvalue weighted by molar-refractivity contribution is 7.99. The minimum atomic E-state index is -0.479. The summed E-state index contributed by atoms with van der Waals surface area (Å²) in [5.74, 6) is 0.285. The topological polar surface area (TPSA) is 94.3 Å². The zero-order chi connectivity index (χ0) is 20.5. The molecule has 0 saturated heterocycles. The van der Waals surface area contributed by atoms with Crippen molar-refractivity contribution < 1.29 is 14.3 Å². The summed E-state index contributed by atoms with van der Waals surface area (Å²) in [6.45, 7) is 2.02. The normalized spacial score (nSPS) is 12.8. The van der Waals surface area contributed by atoms with E-state index in [9.17, 15) is 9.59 Å². The molecular weight excluding hydrogens is 406 g/mol. The zero-order valence-corrected chi connectivity index (χ0v) is 17.8. The van der Waals surface area contributed by atoms with Crippen LogP contribution >= 0.6 is 23.1 Å². The Morgan fingerprint density at radius 1 is 1.31 bits per heavy atom. The summed E-state index contributed by atoms with van der Waals surface area (Å²) in [5.41, 5.74) is 8.96. The monoisotopic (exact) mass is 427 g/mol. The van der Waals surface area contributed by atoms with Crippen molar-refractivity contribution in [1.82, 2.24) is 4.98 Å². The van der Waals surface area contributed by atoms with Gasteiger partial charge >= 0.3 is 0 Å². The number of fused-ring (bicyclic) bond motifs is 2. The Bertz CT molecular complexity index is 1120. The number of rotatable bonds is 6. The SMILES string of the molecule is COc1ccc2c(C)cc(SCC(=O)Nc3sc4c(c3C(N)=O)CCC4)nc2c1. The fraction of sp³-hybridized carbons (Fsp3) is 0.286. The number of carbonyl (C=O) groups excluding carboxylic acids is 2. The molecule has 1 aromatic carbocycles. The highest BCUT2D eigenvalue weighted by atomic mass is 32.2. The van der Waals surface area contributed by atoms with E-state index in [1.54, 1.807) is 7.11 Å². The fourth-order valence-electron chi connectivity index (χ4n) is 3.61. The van der Waals surface area contributed by atoms with Gasteiger partial charge in [-0.15, -0.1) is 11.3 Å². The lowest BCUT2D eigenvalue weighted by Crippen LogP contribution is -2.19. The molecule has 150 valence electrons. The minimum absolute atomic E-state index is 0.178. The molecule has 0 spiro atoms. The van der Waals surface area contributed by atoms with Crippen LogP contribution in [0.3, 0.4) is 0 Å². The molecule has 0 aliphatic heterocycles. The molecule has 2 aromatic heterocycles. The van der Waals surface area contributed by atoms with E-state index in [0.717, 1.165) is 56.9 Å². The maximum Gasteiger partial charge on any atom is 0.251 e. The number of hydrogen-bond acceptors (Lipinski definition) is 6. The molecule has 0 bridgehead atoms. The maximum atomic E-state index is 12.5. The van der Waals surface area contributed by atoms with Crippen molar-refractivity contribution in [2.45, 2.75) is 31.2 Å². The standard InChI is InChI=1S/C21H21N3O3S2/c1-11-8-18(23-15-9-12(27-2)6-7-13(11)15)28-10-17(25)24-21-19(20(22)26)14-4-3-5-16(14)29-21/h6-9H,3-5,10H2,1-2H3,(H2,22,26)(H,24,25). The van der Waals surface area contributed by atoms with E-state index >= 15 is 0 Å². The molecule has 1 aliphatic carbocycles. The number of aryl methyl sites for hydroxylation is 2. The zero-order valence-electron chi connectivity index (χ0n) is 16.2. The van der Waals surface area contributed by atoms with Gasteiger partial charge in [0.05, 0.1) is 29.0 Å². The number of ether oxygens (including phenoxy) is 1. The van der Waals surface area contributed by atoms with Gasteiger partial charge in [-0.25, -0.2) is 4.98 Å². The number of thiophene rings is 1. The Balaban J connectivity index is 1.48. The molecule has 0 fully saturated rings. The van der Waals surface area contributed by atoms with E-state index in [-0.39, 0.29) is 11.7 Å². The molecule has 2 amide bonds. The molecule has 4 rings (SSSR count). The Morgan fingerprint density at radius 3 is 2.90 bits per heavy atom. The van der Waals surface area contributed by atoms with E-state index in [4.69, 9.17) is 10.5 Å². The van der Waals surface area contributed by atoms with Gasteiger partial charge in [-0.3, -0.25) is 9.59 Å². The van der Waals surface area contributed by atoms with Gasteiger partial charge in [-0.2, -0.15) is 0 Å². The van der Waals surface area contributed by atoms with Gasteiger partial charge in [0.15, 0.2) is 0 Å². The number of primary amides is 1. The first-order valence-electron chi connectivity index (χ1n) is 9.28. The van der Waals surface area contributed by atoms with Crippen LogP contribution < -0.4 is 15.8 Å². The second-order valence-electron chi connectivity index (χ2n) is 6.92. The number of amides is 2. The van der Waals surface area contributed by atoms with Gasteiger partial charge < -0.3 is 15.8 Å². The van der Waals surface area contributed by atoms with Crippen molar-refractivity contribution in [3.8, 4) is 5.75 Å². The van der Waals surface area contributed by atoms with Gasteiger partial charge in [0, 0.05) is 16.3 Å². The van der Waals surface area contributed by atoms with Crippen molar-refractivity contribution >= 4 is 50.8 Å². The Morgan fingerprint density at radius 2 is 2.14 bits per heavy atom. The number of carbonyl (C=O) groups is 2. The fourth-order valence-corrected chi connectivity index (χ4v) is 5.69. The third-order valence-electron chi connectivity index (χ3n) is 4.97. The van der Waals surface area contributed by atoms with Crippen LogP contribution in [0.4, 0.5) is 5.00 Å². The summed E-state index contributed by atoms with van der Waals surface area (Å²) in [4.78, 5) is 30.2. The number of methoxy groups -OCH3 is 1. The molecule has 0 unspecified atom stereocenters. The van der Waals surface area contributed by atoms with Crippen molar-refractivity contribution in [3.05, 3.63) is 45.8 Å². The molecule has 8 heteroatoms. The van der Waals surface area contributed by atoms with Gasteiger partial charge in [0.25, 0.3) is 5.91 Å². The summed E-state index contributed by atoms with van der Waals surface area (Å²) in [7, 11) is 1.62. The number of thioether (sulfide) groups is 1. The van der Waals surface area contributed by atoms with Crippen LogP contribution in [0, 0.1) is 6.92 Å². The lowest BCUT2D eigenvalue weighted by Gasteiger charge is -2.09. The van der Waals surface area contributed by atoms with Crippen molar-refractivity contribution in [2.75, 3.05) is 18.2 Å². The molecule has 3 aromatic rings. The number of hydrogen-bond donors (Lipinski definition) is 2. The second kappa shape index (κ2) is 8.04. The van der Waals surface area contributed by atoms with E-state index in [0.29, 0.717) is 10.6 Å². The van der Waals surface area contributed by atoms with Gasteiger partial charge in [-0.1, -0.05) is 11.8 Å². The molecule has 1 aliphatic rings. The number of aromatic nitrogens is 1. The molecule has 29 heavy (non-hydrogen) atoms. The van der Waals surface area contributed by atoms with Gasteiger partial charge in [-0.05, 0) is 55.5 Å². The van der Waals surface area contributed by atoms with Crippen molar-refractivity contribution in [2.24, 2.45) is 5.73 Å². The summed E-state index contributed by atoms with van der Waals surface area (Å²) in [6.07, 6.45) is 2.82. The van der Waals surface area contributed by atoms with E-state index in [1.165, 1.54) is 23.1 Å². The second-order valence-corrected chi connectivity index (χ2v) is 9.02. The first kappa shape index (κ1) is 19.7. The Labute approximate surface area is 176 Å². The number of pyridine rings is 1. The maximum absolute atomic E-state index is 12.5. The predicted molar refractivity (Wildman–Crippen MR) is 117 cm³/mol. The third-order valence-corrected chi connectivity index (χ3v) is 7.09. The summed E-state index contributed by atoms with van der Waals surface area (Å²) in [6, 6.07) is 7.76.